The molecule has 2 saturated carbocycles. The number of rotatable bonds is 9. The number of hydrogen-bond donors (Lipinski definition) is 2. The molecular formula is C28H32N2O5. The molecule has 5 rings (SSSR count). The van der Waals surface area contributed by atoms with Gasteiger partial charge in [0.25, 0.3) is 0 Å². The molecule has 1 spiro atoms. The second-order valence-corrected chi connectivity index (χ2v) is 10.1. The van der Waals surface area contributed by atoms with Crippen molar-refractivity contribution in [3.05, 3.63) is 59.7 Å². The van der Waals surface area contributed by atoms with Crippen LogP contribution in [0.3, 0.4) is 0 Å². The van der Waals surface area contributed by atoms with Crippen LogP contribution in [0.25, 0.3) is 11.1 Å². The van der Waals surface area contributed by atoms with Crippen LogP contribution < -0.4 is 5.32 Å². The molecule has 3 aliphatic carbocycles. The Morgan fingerprint density at radius 2 is 1.69 bits per heavy atom. The third-order valence-corrected chi connectivity index (χ3v) is 8.39. The van der Waals surface area contributed by atoms with E-state index in [1.165, 1.54) is 11.1 Å². The molecule has 7 nitrogen and oxygen atoms in total. The number of carboxylic acids is 1. The number of amides is 2. The SMILES string of the molecule is CCN(CCC(=O)O)C(=O)C1(CNC(=O)OCC2c3ccccc3-c3ccccc32)CC12CCC2. The van der Waals surface area contributed by atoms with Crippen LogP contribution in [-0.2, 0) is 14.3 Å². The molecule has 0 bridgehead atoms. The van der Waals surface area contributed by atoms with E-state index >= 15 is 0 Å². The summed E-state index contributed by atoms with van der Waals surface area (Å²) in [5, 5.41) is 11.9. The Hall–Kier alpha value is -3.35. The highest BCUT2D eigenvalue weighted by Gasteiger charge is 2.73. The van der Waals surface area contributed by atoms with Crippen molar-refractivity contribution in [2.45, 2.75) is 44.9 Å². The highest BCUT2D eigenvalue weighted by Crippen LogP contribution is 2.74. The lowest BCUT2D eigenvalue weighted by Gasteiger charge is -2.35. The summed E-state index contributed by atoms with van der Waals surface area (Å²) in [4.78, 5) is 38.9. The fourth-order valence-electron chi connectivity index (χ4n) is 6.23. The van der Waals surface area contributed by atoms with Gasteiger partial charge in [-0.3, -0.25) is 9.59 Å². The third kappa shape index (κ3) is 3.97. The summed E-state index contributed by atoms with van der Waals surface area (Å²) < 4.78 is 5.68. The summed E-state index contributed by atoms with van der Waals surface area (Å²) in [6.45, 7) is 2.96. The number of ether oxygens (including phenoxy) is 1. The number of carbonyl (C=O) groups is 3. The van der Waals surface area contributed by atoms with Crippen LogP contribution in [0.4, 0.5) is 4.79 Å². The van der Waals surface area contributed by atoms with Gasteiger partial charge in [-0.25, -0.2) is 4.79 Å². The molecule has 0 radical (unpaired) electrons. The molecule has 0 heterocycles. The highest BCUT2D eigenvalue weighted by atomic mass is 16.5. The van der Waals surface area contributed by atoms with Crippen molar-refractivity contribution in [3.63, 3.8) is 0 Å². The number of benzene rings is 2. The van der Waals surface area contributed by atoms with E-state index in [9.17, 15) is 14.4 Å². The fourth-order valence-corrected chi connectivity index (χ4v) is 6.23. The van der Waals surface area contributed by atoms with Gasteiger partial charge < -0.3 is 20.1 Å². The maximum Gasteiger partial charge on any atom is 0.407 e. The molecule has 2 fully saturated rings. The molecule has 2 aromatic rings. The fraction of sp³-hybridized carbons (Fsp3) is 0.464. The van der Waals surface area contributed by atoms with Crippen LogP contribution in [0.15, 0.2) is 48.5 Å². The molecule has 7 heteroatoms. The van der Waals surface area contributed by atoms with Crippen molar-refractivity contribution < 1.29 is 24.2 Å². The van der Waals surface area contributed by atoms with E-state index in [0.717, 1.165) is 36.8 Å². The maximum absolute atomic E-state index is 13.5. The van der Waals surface area contributed by atoms with Gasteiger partial charge in [0.2, 0.25) is 5.91 Å². The summed E-state index contributed by atoms with van der Waals surface area (Å²) >= 11 is 0. The lowest BCUT2D eigenvalue weighted by molar-refractivity contribution is -0.141. The number of aliphatic carboxylic acids is 1. The van der Waals surface area contributed by atoms with Gasteiger partial charge in [-0.2, -0.15) is 0 Å². The molecule has 0 aromatic heterocycles. The Bertz CT molecular complexity index is 1110. The number of hydrogen-bond acceptors (Lipinski definition) is 4. The second kappa shape index (κ2) is 9.02. The van der Waals surface area contributed by atoms with Crippen molar-refractivity contribution in [2.24, 2.45) is 10.8 Å². The van der Waals surface area contributed by atoms with Crippen molar-refractivity contribution in [2.75, 3.05) is 26.2 Å². The Morgan fingerprint density at radius 3 is 2.20 bits per heavy atom. The standard InChI is InChI=1S/C28H32N2O5/c1-2-30(15-12-24(31)32)25(33)28(17-27(28)13-7-14-27)18-29-26(34)35-16-23-21-10-5-3-8-19(21)20-9-4-6-11-22(20)23/h3-6,8-11,23H,2,7,12-18H2,1H3,(H,29,34)(H,31,32). The lowest BCUT2D eigenvalue weighted by Crippen LogP contribution is -2.47. The zero-order valence-electron chi connectivity index (χ0n) is 20.1. The van der Waals surface area contributed by atoms with Crippen molar-refractivity contribution in [1.82, 2.24) is 10.2 Å². The minimum absolute atomic E-state index is 0.0192. The van der Waals surface area contributed by atoms with Gasteiger partial charge >= 0.3 is 12.1 Å². The topological polar surface area (TPSA) is 95.9 Å². The van der Waals surface area contributed by atoms with E-state index < -0.39 is 17.5 Å². The number of alkyl carbamates (subject to hydrolysis) is 1. The minimum Gasteiger partial charge on any atom is -0.481 e. The van der Waals surface area contributed by atoms with E-state index in [0.29, 0.717) is 6.54 Å². The van der Waals surface area contributed by atoms with Crippen LogP contribution in [0.5, 0.6) is 0 Å². The van der Waals surface area contributed by atoms with Crippen molar-refractivity contribution in [1.29, 1.82) is 0 Å². The van der Waals surface area contributed by atoms with Crippen molar-refractivity contribution in [3.8, 4) is 11.1 Å². The predicted molar refractivity (Wildman–Crippen MR) is 131 cm³/mol. The number of nitrogens with zero attached hydrogens (tertiary/aromatic N) is 1. The summed E-state index contributed by atoms with van der Waals surface area (Å²) in [5.74, 6) is -0.981. The number of carbonyl (C=O) groups excluding carboxylic acids is 2. The highest BCUT2D eigenvalue weighted by molar-refractivity contribution is 5.89. The molecule has 2 aromatic carbocycles. The molecule has 3 aliphatic rings. The van der Waals surface area contributed by atoms with Gasteiger partial charge in [-0.05, 0) is 53.9 Å². The number of carboxylic acid groups (broad SMARTS) is 1. The van der Waals surface area contributed by atoms with Crippen LogP contribution in [0.1, 0.15) is 56.1 Å². The van der Waals surface area contributed by atoms with Crippen LogP contribution in [-0.4, -0.2) is 54.2 Å². The monoisotopic (exact) mass is 476 g/mol. The van der Waals surface area contributed by atoms with Gasteiger partial charge in [0, 0.05) is 25.6 Å². The van der Waals surface area contributed by atoms with Crippen molar-refractivity contribution >= 4 is 18.0 Å². The first kappa shape index (κ1) is 23.4. The first-order valence-corrected chi connectivity index (χ1v) is 12.5. The average molecular weight is 477 g/mol. The maximum atomic E-state index is 13.5. The molecule has 2 N–H and O–H groups in total. The van der Waals surface area contributed by atoms with E-state index in [2.05, 4.69) is 29.6 Å². The molecule has 0 aliphatic heterocycles. The van der Waals surface area contributed by atoms with E-state index in [-0.39, 0.29) is 43.4 Å². The first-order chi connectivity index (χ1) is 16.9. The van der Waals surface area contributed by atoms with Crippen LogP contribution >= 0.6 is 0 Å². The number of fused-ring (bicyclic) bond motifs is 3. The molecule has 0 saturated heterocycles. The zero-order valence-corrected chi connectivity index (χ0v) is 20.1. The van der Waals surface area contributed by atoms with Gasteiger partial charge in [-0.1, -0.05) is 55.0 Å². The van der Waals surface area contributed by atoms with E-state index in [1.54, 1.807) is 4.90 Å². The lowest BCUT2D eigenvalue weighted by atomic mass is 9.74. The zero-order chi connectivity index (χ0) is 24.6. The molecule has 1 atom stereocenters. The largest absolute Gasteiger partial charge is 0.481 e. The van der Waals surface area contributed by atoms with Crippen LogP contribution in [0, 0.1) is 10.8 Å². The van der Waals surface area contributed by atoms with E-state index in [4.69, 9.17) is 9.84 Å². The Morgan fingerprint density at radius 1 is 1.06 bits per heavy atom. The first-order valence-electron chi connectivity index (χ1n) is 12.5. The Kier molecular flexibility index (Phi) is 6.03. The molecule has 2 amide bonds. The normalized spacial score (nSPS) is 20.9. The van der Waals surface area contributed by atoms with Crippen LogP contribution in [0.2, 0.25) is 0 Å². The molecular weight excluding hydrogens is 444 g/mol. The summed E-state index contributed by atoms with van der Waals surface area (Å²) in [6.07, 6.45) is 3.17. The molecule has 35 heavy (non-hydrogen) atoms. The quantitative estimate of drug-likeness (QED) is 0.559. The second-order valence-electron chi connectivity index (χ2n) is 10.1. The van der Waals surface area contributed by atoms with Gasteiger partial charge in [0.15, 0.2) is 0 Å². The number of nitrogens with one attached hydrogen (secondary N) is 1. The van der Waals surface area contributed by atoms with E-state index in [1.807, 2.05) is 31.2 Å². The summed E-state index contributed by atoms with van der Waals surface area (Å²) in [7, 11) is 0. The Labute approximate surface area is 205 Å². The van der Waals surface area contributed by atoms with Gasteiger partial charge in [0.05, 0.1) is 11.8 Å². The minimum atomic E-state index is -0.920. The average Bonchev–Trinajstić information content (AvgIpc) is 3.46. The van der Waals surface area contributed by atoms with Gasteiger partial charge in [-0.15, -0.1) is 0 Å². The third-order valence-electron chi connectivity index (χ3n) is 8.39. The van der Waals surface area contributed by atoms with Gasteiger partial charge in [0.1, 0.15) is 6.61 Å². The molecule has 1 unspecified atom stereocenters. The smallest absolute Gasteiger partial charge is 0.407 e. The molecule has 184 valence electrons. The Balaban J connectivity index is 1.23. The summed E-state index contributed by atoms with van der Waals surface area (Å²) in [6, 6.07) is 16.4. The summed E-state index contributed by atoms with van der Waals surface area (Å²) in [5.41, 5.74) is 3.95. The predicted octanol–water partition coefficient (Wildman–Crippen LogP) is 4.41.